The topological polar surface area (TPSA) is 0 Å². The van der Waals surface area contributed by atoms with E-state index in [4.69, 9.17) is 0 Å². The van der Waals surface area contributed by atoms with E-state index in [1.165, 1.54) is 33.0 Å². The van der Waals surface area contributed by atoms with Gasteiger partial charge < -0.3 is 0 Å². The van der Waals surface area contributed by atoms with Crippen molar-refractivity contribution in [1.29, 1.82) is 0 Å². The van der Waals surface area contributed by atoms with Gasteiger partial charge in [0.05, 0.1) is 0 Å². The Morgan fingerprint density at radius 3 is 2.19 bits per heavy atom. The van der Waals surface area contributed by atoms with Crippen LogP contribution in [0, 0.1) is 13.8 Å². The minimum absolute atomic E-state index is 0.339. The molecule has 3 aromatic rings. The molecule has 0 aliphatic carbocycles. The highest BCUT2D eigenvalue weighted by atomic mass is 79.9. The summed E-state index contributed by atoms with van der Waals surface area (Å²) in [7, 11) is 0. The molecule has 0 aliphatic rings. The molecule has 0 bridgehead atoms. The van der Waals surface area contributed by atoms with Crippen LogP contribution in [0.2, 0.25) is 0 Å². The molecular weight excluding hydrogens is 320 g/mol. The van der Waals surface area contributed by atoms with Gasteiger partial charge >= 0.3 is 0 Å². The van der Waals surface area contributed by atoms with Crippen molar-refractivity contribution in [2.75, 3.05) is 0 Å². The monoisotopic (exact) mass is 338 g/mol. The lowest BCUT2D eigenvalue weighted by molar-refractivity contribution is 0.956. The van der Waals surface area contributed by atoms with E-state index in [2.05, 4.69) is 90.4 Å². The summed E-state index contributed by atoms with van der Waals surface area (Å²) in [6.07, 6.45) is 1.01. The second-order valence-electron chi connectivity index (χ2n) is 5.67. The van der Waals surface area contributed by atoms with Crippen LogP contribution in [0.1, 0.15) is 27.1 Å². The second kappa shape index (κ2) is 6.03. The fourth-order valence-corrected chi connectivity index (χ4v) is 3.56. The van der Waals surface area contributed by atoms with Crippen molar-refractivity contribution in [3.8, 4) is 0 Å². The Morgan fingerprint density at radius 1 is 0.810 bits per heavy atom. The first kappa shape index (κ1) is 14.3. The lowest BCUT2D eigenvalue weighted by Crippen LogP contribution is -1.97. The van der Waals surface area contributed by atoms with E-state index < -0.39 is 0 Å². The fourth-order valence-electron chi connectivity index (χ4n) is 2.79. The van der Waals surface area contributed by atoms with Crippen molar-refractivity contribution in [2.45, 2.75) is 25.1 Å². The molecule has 1 atom stereocenters. The zero-order chi connectivity index (χ0) is 14.8. The van der Waals surface area contributed by atoms with Gasteiger partial charge in [0.15, 0.2) is 0 Å². The first-order valence-electron chi connectivity index (χ1n) is 7.33. The Labute approximate surface area is 134 Å². The molecule has 3 aromatic carbocycles. The summed E-state index contributed by atoms with van der Waals surface area (Å²) in [5.74, 6) is 0. The summed E-state index contributed by atoms with van der Waals surface area (Å²) in [5, 5.41) is 2.70. The highest BCUT2D eigenvalue weighted by Gasteiger charge is 2.12. The molecule has 0 nitrogen and oxygen atoms in total. The number of aryl methyl sites for hydroxylation is 2. The Bertz CT molecular complexity index is 756. The molecule has 106 valence electrons. The molecule has 0 aliphatic heterocycles. The Morgan fingerprint density at radius 2 is 1.48 bits per heavy atom. The van der Waals surface area contributed by atoms with Crippen LogP contribution in [0.25, 0.3) is 10.8 Å². The molecule has 0 N–H and O–H groups in total. The van der Waals surface area contributed by atoms with Crippen LogP contribution >= 0.6 is 15.9 Å². The fraction of sp³-hybridized carbons (Fsp3) is 0.200. The zero-order valence-electron chi connectivity index (χ0n) is 12.4. The van der Waals surface area contributed by atoms with Crippen molar-refractivity contribution in [1.82, 2.24) is 0 Å². The number of alkyl halides is 1. The lowest BCUT2D eigenvalue weighted by atomic mass is 9.96. The quantitative estimate of drug-likeness (QED) is 0.503. The highest BCUT2D eigenvalue weighted by Crippen LogP contribution is 2.33. The van der Waals surface area contributed by atoms with Gasteiger partial charge in [-0.05, 0) is 47.7 Å². The average molecular weight is 339 g/mol. The maximum absolute atomic E-state index is 3.89. The Hall–Kier alpha value is -1.60. The molecule has 3 rings (SSSR count). The smallest absolute Gasteiger partial charge is 0.0441 e. The van der Waals surface area contributed by atoms with E-state index in [0.29, 0.717) is 4.83 Å². The van der Waals surface area contributed by atoms with Gasteiger partial charge in [-0.25, -0.2) is 0 Å². The van der Waals surface area contributed by atoms with Crippen molar-refractivity contribution >= 4 is 26.7 Å². The minimum Gasteiger partial charge on any atom is -0.0835 e. The molecular formula is C20H19Br. The highest BCUT2D eigenvalue weighted by molar-refractivity contribution is 9.09. The molecule has 0 aromatic heterocycles. The summed E-state index contributed by atoms with van der Waals surface area (Å²) in [4.78, 5) is 0.339. The molecule has 0 fully saturated rings. The second-order valence-corrected chi connectivity index (χ2v) is 6.78. The first-order chi connectivity index (χ1) is 10.1. The normalized spacial score (nSPS) is 12.5. The average Bonchev–Trinajstić information content (AvgIpc) is 2.50. The standard InChI is InChI=1S/C20H19Br/c1-14-7-10-16(11-8-14)13-20(21)19-12-9-15(2)17-5-3-4-6-18(17)19/h3-12,20H,13H2,1-2H3. The predicted octanol–water partition coefficient (Wildman–Crippen LogP) is 6.14. The van der Waals surface area contributed by atoms with Crippen LogP contribution < -0.4 is 0 Å². The van der Waals surface area contributed by atoms with E-state index in [1.54, 1.807) is 0 Å². The largest absolute Gasteiger partial charge is 0.0835 e. The Balaban J connectivity index is 1.96. The maximum atomic E-state index is 3.89. The summed E-state index contributed by atoms with van der Waals surface area (Å²) in [5.41, 5.74) is 5.39. The minimum atomic E-state index is 0.339. The molecule has 1 unspecified atom stereocenters. The number of benzene rings is 3. The van der Waals surface area contributed by atoms with Gasteiger partial charge in [0.25, 0.3) is 0 Å². The molecule has 0 radical (unpaired) electrons. The van der Waals surface area contributed by atoms with Gasteiger partial charge in [-0.15, -0.1) is 0 Å². The van der Waals surface area contributed by atoms with Gasteiger partial charge in [-0.3, -0.25) is 0 Å². The van der Waals surface area contributed by atoms with Crippen LogP contribution in [0.5, 0.6) is 0 Å². The third-order valence-corrected chi connectivity index (χ3v) is 4.87. The molecule has 0 saturated heterocycles. The van der Waals surface area contributed by atoms with Gasteiger partial charge in [0.2, 0.25) is 0 Å². The third-order valence-electron chi connectivity index (χ3n) is 4.05. The molecule has 0 saturated carbocycles. The number of hydrogen-bond acceptors (Lipinski definition) is 0. The van der Waals surface area contributed by atoms with E-state index in [9.17, 15) is 0 Å². The SMILES string of the molecule is Cc1ccc(CC(Br)c2ccc(C)c3ccccc23)cc1. The summed E-state index contributed by atoms with van der Waals surface area (Å²) >= 11 is 3.89. The third kappa shape index (κ3) is 3.03. The number of rotatable bonds is 3. The van der Waals surface area contributed by atoms with Crippen LogP contribution in [-0.2, 0) is 6.42 Å². The van der Waals surface area contributed by atoms with Crippen LogP contribution in [0.4, 0.5) is 0 Å². The van der Waals surface area contributed by atoms with Gasteiger partial charge in [-0.1, -0.05) is 82.2 Å². The van der Waals surface area contributed by atoms with E-state index >= 15 is 0 Å². The molecule has 1 heteroatoms. The molecule has 21 heavy (non-hydrogen) atoms. The van der Waals surface area contributed by atoms with Crippen LogP contribution in [0.3, 0.4) is 0 Å². The van der Waals surface area contributed by atoms with Crippen LogP contribution in [0.15, 0.2) is 60.7 Å². The van der Waals surface area contributed by atoms with E-state index in [-0.39, 0.29) is 0 Å². The molecule has 0 spiro atoms. The van der Waals surface area contributed by atoms with Crippen LogP contribution in [-0.4, -0.2) is 0 Å². The number of halogens is 1. The number of hydrogen-bond donors (Lipinski definition) is 0. The van der Waals surface area contributed by atoms with Gasteiger partial charge in [0, 0.05) is 4.83 Å². The van der Waals surface area contributed by atoms with Crippen molar-refractivity contribution in [3.63, 3.8) is 0 Å². The first-order valence-corrected chi connectivity index (χ1v) is 8.24. The molecule has 0 amide bonds. The predicted molar refractivity (Wildman–Crippen MR) is 95.2 cm³/mol. The molecule has 0 heterocycles. The summed E-state index contributed by atoms with van der Waals surface area (Å²) in [6, 6.07) is 22.0. The summed E-state index contributed by atoms with van der Waals surface area (Å²) in [6.45, 7) is 4.30. The maximum Gasteiger partial charge on any atom is 0.0441 e. The van der Waals surface area contributed by atoms with Crippen molar-refractivity contribution < 1.29 is 0 Å². The lowest BCUT2D eigenvalue weighted by Gasteiger charge is -2.15. The number of fused-ring (bicyclic) bond motifs is 1. The van der Waals surface area contributed by atoms with E-state index in [0.717, 1.165) is 6.42 Å². The Kier molecular flexibility index (Phi) is 4.12. The van der Waals surface area contributed by atoms with Gasteiger partial charge in [-0.2, -0.15) is 0 Å². The van der Waals surface area contributed by atoms with Gasteiger partial charge in [0.1, 0.15) is 0 Å². The zero-order valence-corrected chi connectivity index (χ0v) is 14.0. The summed E-state index contributed by atoms with van der Waals surface area (Å²) < 4.78 is 0. The van der Waals surface area contributed by atoms with E-state index in [1.807, 2.05) is 0 Å². The van der Waals surface area contributed by atoms with Crippen molar-refractivity contribution in [2.24, 2.45) is 0 Å². The van der Waals surface area contributed by atoms with Crippen molar-refractivity contribution in [3.05, 3.63) is 82.9 Å².